The quantitative estimate of drug-likeness (QED) is 0.834. The highest BCUT2D eigenvalue weighted by Gasteiger charge is 2.38. The molecule has 1 aromatic heterocycles. The Morgan fingerprint density at radius 3 is 2.62 bits per heavy atom. The molecular weight excluding hydrogens is 329 g/mol. The second-order valence-electron chi connectivity index (χ2n) is 5.07. The summed E-state index contributed by atoms with van der Waals surface area (Å²) in [6.07, 6.45) is 3.79. The fourth-order valence-electron chi connectivity index (χ4n) is 2.13. The summed E-state index contributed by atoms with van der Waals surface area (Å²) >= 11 is 7.59. The fourth-order valence-corrected chi connectivity index (χ4v) is 3.09. The van der Waals surface area contributed by atoms with Crippen LogP contribution < -0.4 is 5.73 Å². The lowest BCUT2D eigenvalue weighted by molar-refractivity contribution is 0.229. The third-order valence-corrected chi connectivity index (χ3v) is 4.82. The van der Waals surface area contributed by atoms with E-state index >= 15 is 0 Å². The van der Waals surface area contributed by atoms with Gasteiger partial charge in [0.15, 0.2) is 5.82 Å². The molecule has 1 saturated carbocycles. The molecule has 0 amide bonds. The molecular formula is C14H17Cl2N3OS. The number of thioether (sulfide) groups is 1. The maximum absolute atomic E-state index is 6.17. The highest BCUT2D eigenvalue weighted by atomic mass is 35.5. The monoisotopic (exact) mass is 345 g/mol. The van der Waals surface area contributed by atoms with E-state index < -0.39 is 0 Å². The normalized spacial score (nSPS) is 16.1. The maximum atomic E-state index is 6.17. The lowest BCUT2D eigenvalue weighted by Gasteiger charge is -2.34. The average Bonchev–Trinajstić information content (AvgIpc) is 2.87. The van der Waals surface area contributed by atoms with Gasteiger partial charge < -0.3 is 10.3 Å². The van der Waals surface area contributed by atoms with Gasteiger partial charge in [-0.15, -0.1) is 24.2 Å². The van der Waals surface area contributed by atoms with Crippen LogP contribution in [0.25, 0.3) is 0 Å². The summed E-state index contributed by atoms with van der Waals surface area (Å²) in [4.78, 5) is 5.60. The van der Waals surface area contributed by atoms with E-state index in [0.29, 0.717) is 11.7 Å². The maximum Gasteiger partial charge on any atom is 0.227 e. The van der Waals surface area contributed by atoms with Gasteiger partial charge in [0.1, 0.15) is 0 Å². The molecule has 0 atom stereocenters. The van der Waals surface area contributed by atoms with Crippen molar-refractivity contribution in [1.82, 2.24) is 10.1 Å². The third kappa shape index (κ3) is 3.92. The minimum atomic E-state index is -0.342. The lowest BCUT2D eigenvalue weighted by Crippen LogP contribution is -2.44. The number of hydrogen-bond acceptors (Lipinski definition) is 5. The van der Waals surface area contributed by atoms with E-state index in [1.807, 2.05) is 24.3 Å². The van der Waals surface area contributed by atoms with E-state index in [2.05, 4.69) is 10.1 Å². The zero-order valence-electron chi connectivity index (χ0n) is 11.4. The van der Waals surface area contributed by atoms with Crippen LogP contribution in [-0.2, 0) is 12.0 Å². The van der Waals surface area contributed by atoms with Gasteiger partial charge in [0.05, 0.1) is 5.54 Å². The highest BCUT2D eigenvalue weighted by Crippen LogP contribution is 2.36. The molecule has 1 aliphatic rings. The summed E-state index contributed by atoms with van der Waals surface area (Å²) in [5.74, 6) is 2.22. The fraction of sp³-hybridized carbons (Fsp3) is 0.429. The predicted molar refractivity (Wildman–Crippen MR) is 87.1 cm³/mol. The molecule has 1 aromatic carbocycles. The first kappa shape index (κ1) is 16.6. The van der Waals surface area contributed by atoms with Gasteiger partial charge in [0, 0.05) is 22.1 Å². The molecule has 114 valence electrons. The first-order valence-corrected chi connectivity index (χ1v) is 8.02. The van der Waals surface area contributed by atoms with Crippen LogP contribution in [0.2, 0.25) is 5.02 Å². The van der Waals surface area contributed by atoms with Crippen LogP contribution in [0.4, 0.5) is 0 Å². The van der Waals surface area contributed by atoms with Gasteiger partial charge in [0.2, 0.25) is 5.89 Å². The van der Waals surface area contributed by atoms with E-state index in [0.717, 1.165) is 36.5 Å². The van der Waals surface area contributed by atoms with Crippen LogP contribution in [0.15, 0.2) is 33.7 Å². The number of rotatable bonds is 5. The Morgan fingerprint density at radius 1 is 1.29 bits per heavy atom. The molecule has 21 heavy (non-hydrogen) atoms. The van der Waals surface area contributed by atoms with Crippen LogP contribution in [0, 0.1) is 0 Å². The largest absolute Gasteiger partial charge is 0.339 e. The Morgan fingerprint density at radius 2 is 2.00 bits per heavy atom. The van der Waals surface area contributed by atoms with E-state index in [4.69, 9.17) is 21.9 Å². The van der Waals surface area contributed by atoms with Crippen LogP contribution in [-0.4, -0.2) is 15.9 Å². The van der Waals surface area contributed by atoms with Crippen LogP contribution >= 0.6 is 35.8 Å². The van der Waals surface area contributed by atoms with Crippen molar-refractivity contribution < 1.29 is 4.52 Å². The smallest absolute Gasteiger partial charge is 0.227 e. The zero-order valence-corrected chi connectivity index (χ0v) is 13.8. The van der Waals surface area contributed by atoms with Gasteiger partial charge >= 0.3 is 0 Å². The Kier molecular flexibility index (Phi) is 5.54. The number of nitrogens with two attached hydrogens (primary N) is 1. The summed E-state index contributed by atoms with van der Waals surface area (Å²) in [6, 6.07) is 7.80. The molecule has 1 fully saturated rings. The van der Waals surface area contributed by atoms with E-state index in [-0.39, 0.29) is 17.9 Å². The number of aryl methyl sites for hydroxylation is 1. The molecule has 0 bridgehead atoms. The predicted octanol–water partition coefficient (Wildman–Crippen LogP) is 3.82. The lowest BCUT2D eigenvalue weighted by atomic mass is 9.77. The Labute approximate surface area is 139 Å². The molecule has 0 unspecified atom stereocenters. The van der Waals surface area contributed by atoms with Crippen LogP contribution in [0.1, 0.15) is 31.0 Å². The van der Waals surface area contributed by atoms with Gasteiger partial charge in [-0.3, -0.25) is 0 Å². The van der Waals surface area contributed by atoms with Crippen molar-refractivity contribution in [3.05, 3.63) is 41.0 Å². The highest BCUT2D eigenvalue weighted by molar-refractivity contribution is 7.99. The first-order valence-electron chi connectivity index (χ1n) is 6.66. The molecule has 2 N–H and O–H groups in total. The molecule has 0 saturated heterocycles. The van der Waals surface area contributed by atoms with Crippen molar-refractivity contribution in [2.24, 2.45) is 5.73 Å². The van der Waals surface area contributed by atoms with Crippen LogP contribution in [0.3, 0.4) is 0 Å². The standard InChI is InChI=1S/C14H16ClN3OS.ClH/c15-10-2-4-11(5-3-10)20-9-6-12-17-13(18-19-12)14(16)7-1-8-14;/h2-5H,1,6-9,16H2;1H. The van der Waals surface area contributed by atoms with Crippen molar-refractivity contribution in [2.45, 2.75) is 36.1 Å². The Hall–Kier alpha value is -0.750. The van der Waals surface area contributed by atoms with E-state index in [9.17, 15) is 0 Å². The van der Waals surface area contributed by atoms with Crippen molar-refractivity contribution in [2.75, 3.05) is 5.75 Å². The molecule has 1 aliphatic carbocycles. The van der Waals surface area contributed by atoms with Gasteiger partial charge in [-0.25, -0.2) is 0 Å². The van der Waals surface area contributed by atoms with Crippen LogP contribution in [0.5, 0.6) is 0 Å². The number of aromatic nitrogens is 2. The number of nitrogens with zero attached hydrogens (tertiary/aromatic N) is 2. The number of halogens is 2. The summed E-state index contributed by atoms with van der Waals surface area (Å²) < 4.78 is 5.27. The first-order chi connectivity index (χ1) is 9.66. The van der Waals surface area contributed by atoms with Gasteiger partial charge in [-0.05, 0) is 43.5 Å². The summed E-state index contributed by atoms with van der Waals surface area (Å²) in [5, 5.41) is 4.76. The van der Waals surface area contributed by atoms with Gasteiger partial charge in [-0.2, -0.15) is 4.98 Å². The second kappa shape index (κ2) is 7.01. The second-order valence-corrected chi connectivity index (χ2v) is 6.68. The molecule has 3 rings (SSSR count). The molecule has 0 aliphatic heterocycles. The third-order valence-electron chi connectivity index (χ3n) is 3.56. The summed E-state index contributed by atoms with van der Waals surface area (Å²) in [7, 11) is 0. The topological polar surface area (TPSA) is 64.9 Å². The van der Waals surface area contributed by atoms with Gasteiger partial charge in [0.25, 0.3) is 0 Å². The van der Waals surface area contributed by atoms with E-state index in [1.165, 1.54) is 4.90 Å². The number of hydrogen-bond donors (Lipinski definition) is 1. The summed E-state index contributed by atoms with van der Waals surface area (Å²) in [5.41, 5.74) is 5.83. The molecule has 4 nitrogen and oxygen atoms in total. The summed E-state index contributed by atoms with van der Waals surface area (Å²) in [6.45, 7) is 0. The minimum Gasteiger partial charge on any atom is -0.339 e. The molecule has 2 aromatic rings. The molecule has 1 heterocycles. The van der Waals surface area contributed by atoms with Crippen molar-refractivity contribution in [3.63, 3.8) is 0 Å². The average molecular weight is 346 g/mol. The van der Waals surface area contributed by atoms with Gasteiger partial charge in [-0.1, -0.05) is 16.8 Å². The minimum absolute atomic E-state index is 0. The van der Waals surface area contributed by atoms with E-state index in [1.54, 1.807) is 11.8 Å². The Bertz CT molecular complexity index is 584. The Balaban J connectivity index is 0.00000161. The zero-order chi connectivity index (χ0) is 14.0. The molecule has 7 heteroatoms. The molecule has 0 spiro atoms. The van der Waals surface area contributed by atoms with Crippen molar-refractivity contribution in [3.8, 4) is 0 Å². The number of benzene rings is 1. The molecule has 0 radical (unpaired) electrons. The SMILES string of the molecule is Cl.NC1(c2noc(CCSc3ccc(Cl)cc3)n2)CCC1. The van der Waals surface area contributed by atoms with Crippen molar-refractivity contribution >= 4 is 35.8 Å². The van der Waals surface area contributed by atoms with Crippen molar-refractivity contribution in [1.29, 1.82) is 0 Å².